The van der Waals surface area contributed by atoms with Crippen molar-refractivity contribution in [3.05, 3.63) is 0 Å². The maximum atomic E-state index is 12.4. The van der Waals surface area contributed by atoms with Crippen molar-refractivity contribution in [3.63, 3.8) is 0 Å². The molecule has 2 rings (SSSR count). The fourth-order valence-corrected chi connectivity index (χ4v) is 3.02. The third-order valence-corrected chi connectivity index (χ3v) is 4.16. The predicted molar refractivity (Wildman–Crippen MR) is 70.8 cm³/mol. The minimum absolute atomic E-state index is 0.0399. The zero-order chi connectivity index (χ0) is 14.7. The largest absolute Gasteiger partial charge is 0.481 e. The summed E-state index contributed by atoms with van der Waals surface area (Å²) >= 11 is 0. The van der Waals surface area contributed by atoms with E-state index >= 15 is 0 Å². The van der Waals surface area contributed by atoms with Crippen molar-refractivity contribution in [2.45, 2.75) is 25.7 Å². The number of carboxylic acid groups (broad SMARTS) is 1. The molecule has 0 radical (unpaired) electrons. The molecule has 7 nitrogen and oxygen atoms in total. The highest BCUT2D eigenvalue weighted by Crippen LogP contribution is 2.23. The first kappa shape index (κ1) is 14.6. The Morgan fingerprint density at radius 3 is 2.10 bits per heavy atom. The lowest BCUT2D eigenvalue weighted by molar-refractivity contribution is -0.147. The van der Waals surface area contributed by atoms with E-state index in [-0.39, 0.29) is 18.4 Å². The van der Waals surface area contributed by atoms with Crippen LogP contribution in [0.2, 0.25) is 0 Å². The standard InChI is InChI=1S/C13H21N3O4/c14-13(20)16-6-1-3-9(7-16)11(17)15-5-2-4-10(8-15)12(18)19/h9-10H,1-8H2,(H2,14,20)(H,18,19). The van der Waals surface area contributed by atoms with Crippen molar-refractivity contribution in [2.75, 3.05) is 26.2 Å². The Kier molecular flexibility index (Phi) is 4.46. The van der Waals surface area contributed by atoms with Crippen LogP contribution in [0.15, 0.2) is 0 Å². The van der Waals surface area contributed by atoms with Crippen molar-refractivity contribution < 1.29 is 19.5 Å². The molecule has 0 aliphatic carbocycles. The molecule has 3 amide bonds. The molecule has 2 saturated heterocycles. The van der Waals surface area contributed by atoms with Gasteiger partial charge >= 0.3 is 12.0 Å². The van der Waals surface area contributed by atoms with Crippen LogP contribution < -0.4 is 5.73 Å². The van der Waals surface area contributed by atoms with Crippen LogP contribution >= 0.6 is 0 Å². The molecule has 0 aromatic carbocycles. The van der Waals surface area contributed by atoms with Crippen molar-refractivity contribution in [3.8, 4) is 0 Å². The molecule has 7 heteroatoms. The highest BCUT2D eigenvalue weighted by Gasteiger charge is 2.34. The maximum Gasteiger partial charge on any atom is 0.314 e. The first-order chi connectivity index (χ1) is 9.49. The topological polar surface area (TPSA) is 104 Å². The number of carbonyl (C=O) groups excluding carboxylic acids is 2. The van der Waals surface area contributed by atoms with E-state index in [1.807, 2.05) is 0 Å². The van der Waals surface area contributed by atoms with E-state index < -0.39 is 17.9 Å². The van der Waals surface area contributed by atoms with E-state index in [4.69, 9.17) is 10.8 Å². The zero-order valence-corrected chi connectivity index (χ0v) is 11.5. The summed E-state index contributed by atoms with van der Waals surface area (Å²) in [5.41, 5.74) is 5.25. The Morgan fingerprint density at radius 1 is 0.950 bits per heavy atom. The van der Waals surface area contributed by atoms with E-state index in [0.717, 1.165) is 19.3 Å². The Labute approximate surface area is 117 Å². The molecular weight excluding hydrogens is 262 g/mol. The number of carboxylic acids is 1. The van der Waals surface area contributed by atoms with Crippen molar-refractivity contribution in [1.29, 1.82) is 0 Å². The highest BCUT2D eigenvalue weighted by molar-refractivity contribution is 5.81. The number of likely N-dealkylation sites (tertiary alicyclic amines) is 2. The molecule has 0 saturated carbocycles. The quantitative estimate of drug-likeness (QED) is 0.750. The smallest absolute Gasteiger partial charge is 0.314 e. The van der Waals surface area contributed by atoms with Gasteiger partial charge in [-0.2, -0.15) is 0 Å². The molecule has 2 heterocycles. The van der Waals surface area contributed by atoms with Crippen LogP contribution in [0.1, 0.15) is 25.7 Å². The molecule has 0 aromatic heterocycles. The van der Waals surface area contributed by atoms with Gasteiger partial charge in [0.05, 0.1) is 11.8 Å². The Balaban J connectivity index is 1.96. The number of rotatable bonds is 2. The van der Waals surface area contributed by atoms with Gasteiger partial charge in [-0.3, -0.25) is 9.59 Å². The van der Waals surface area contributed by atoms with Crippen LogP contribution in [0.25, 0.3) is 0 Å². The van der Waals surface area contributed by atoms with E-state index in [9.17, 15) is 14.4 Å². The number of primary amides is 1. The summed E-state index contributed by atoms with van der Waals surface area (Å²) in [6, 6.07) is -0.496. The second kappa shape index (κ2) is 6.11. The molecule has 0 spiro atoms. The molecule has 2 fully saturated rings. The van der Waals surface area contributed by atoms with Gasteiger partial charge in [0, 0.05) is 26.2 Å². The fourth-order valence-electron chi connectivity index (χ4n) is 3.02. The number of nitrogens with two attached hydrogens (primary N) is 1. The second-order valence-electron chi connectivity index (χ2n) is 5.59. The Bertz CT molecular complexity index is 376. The van der Waals surface area contributed by atoms with Gasteiger partial charge in [0.25, 0.3) is 0 Å². The minimum Gasteiger partial charge on any atom is -0.481 e. The predicted octanol–water partition coefficient (Wildman–Crippen LogP) is 0.100. The number of hydrogen-bond acceptors (Lipinski definition) is 3. The second-order valence-corrected chi connectivity index (χ2v) is 5.59. The molecule has 2 atom stereocenters. The lowest BCUT2D eigenvalue weighted by Crippen LogP contribution is -2.50. The lowest BCUT2D eigenvalue weighted by Gasteiger charge is -2.37. The Hall–Kier alpha value is -1.79. The summed E-state index contributed by atoms with van der Waals surface area (Å²) in [6.07, 6.45) is 2.83. The van der Waals surface area contributed by atoms with Crippen LogP contribution in [0.4, 0.5) is 4.79 Å². The highest BCUT2D eigenvalue weighted by atomic mass is 16.4. The first-order valence-electron chi connectivity index (χ1n) is 7.05. The summed E-state index contributed by atoms with van der Waals surface area (Å²) in [7, 11) is 0. The minimum atomic E-state index is -0.843. The van der Waals surface area contributed by atoms with Crippen LogP contribution in [-0.4, -0.2) is 59.0 Å². The van der Waals surface area contributed by atoms with Gasteiger partial charge in [-0.25, -0.2) is 4.79 Å². The molecule has 2 unspecified atom stereocenters. The van der Waals surface area contributed by atoms with Gasteiger partial charge in [0.2, 0.25) is 5.91 Å². The number of hydrogen-bond donors (Lipinski definition) is 2. The van der Waals surface area contributed by atoms with Crippen LogP contribution in [-0.2, 0) is 9.59 Å². The number of aliphatic carboxylic acids is 1. The third-order valence-electron chi connectivity index (χ3n) is 4.16. The SMILES string of the molecule is NC(=O)N1CCCC(C(=O)N2CCCC(C(=O)O)C2)C1. The number of urea groups is 1. The van der Waals surface area contributed by atoms with Crippen molar-refractivity contribution in [2.24, 2.45) is 17.6 Å². The fraction of sp³-hybridized carbons (Fsp3) is 0.769. The molecular formula is C13H21N3O4. The van der Waals surface area contributed by atoms with Gasteiger partial charge in [0.1, 0.15) is 0 Å². The zero-order valence-electron chi connectivity index (χ0n) is 11.5. The van der Waals surface area contributed by atoms with E-state index in [2.05, 4.69) is 0 Å². The van der Waals surface area contributed by atoms with E-state index in [1.54, 1.807) is 4.90 Å². The van der Waals surface area contributed by atoms with Gasteiger partial charge in [-0.15, -0.1) is 0 Å². The normalized spacial score (nSPS) is 27.2. The molecule has 2 aliphatic heterocycles. The number of nitrogens with zero attached hydrogens (tertiary/aromatic N) is 2. The van der Waals surface area contributed by atoms with Crippen LogP contribution in [0.5, 0.6) is 0 Å². The van der Waals surface area contributed by atoms with Crippen LogP contribution in [0, 0.1) is 11.8 Å². The lowest BCUT2D eigenvalue weighted by atomic mass is 9.93. The molecule has 0 bridgehead atoms. The van der Waals surface area contributed by atoms with Crippen molar-refractivity contribution in [1.82, 2.24) is 9.80 Å². The average molecular weight is 283 g/mol. The molecule has 2 aliphatic rings. The Morgan fingerprint density at radius 2 is 1.50 bits per heavy atom. The van der Waals surface area contributed by atoms with E-state index in [0.29, 0.717) is 26.1 Å². The first-order valence-corrected chi connectivity index (χ1v) is 7.05. The van der Waals surface area contributed by atoms with Crippen LogP contribution in [0.3, 0.4) is 0 Å². The van der Waals surface area contributed by atoms with Gasteiger partial charge in [-0.1, -0.05) is 0 Å². The maximum absolute atomic E-state index is 12.4. The van der Waals surface area contributed by atoms with Gasteiger partial charge in [0.15, 0.2) is 0 Å². The van der Waals surface area contributed by atoms with Crippen molar-refractivity contribution >= 4 is 17.9 Å². The summed E-state index contributed by atoms with van der Waals surface area (Å²) < 4.78 is 0. The number of amides is 3. The molecule has 3 N–H and O–H groups in total. The monoisotopic (exact) mass is 283 g/mol. The summed E-state index contributed by atoms with van der Waals surface area (Å²) in [6.45, 7) is 1.83. The molecule has 20 heavy (non-hydrogen) atoms. The molecule has 0 aromatic rings. The molecule has 112 valence electrons. The third kappa shape index (κ3) is 3.20. The number of piperidine rings is 2. The average Bonchev–Trinajstić information content (AvgIpc) is 2.46. The summed E-state index contributed by atoms with van der Waals surface area (Å²) in [5.74, 6) is -1.60. The van der Waals surface area contributed by atoms with Gasteiger partial charge < -0.3 is 20.6 Å². The summed E-state index contributed by atoms with van der Waals surface area (Å²) in [5, 5.41) is 9.06. The number of carbonyl (C=O) groups is 3. The van der Waals surface area contributed by atoms with E-state index in [1.165, 1.54) is 4.90 Å². The van der Waals surface area contributed by atoms with Gasteiger partial charge in [-0.05, 0) is 25.7 Å². The summed E-state index contributed by atoms with van der Waals surface area (Å²) in [4.78, 5) is 37.8.